The van der Waals surface area contributed by atoms with Gasteiger partial charge in [0.25, 0.3) is 0 Å². The summed E-state index contributed by atoms with van der Waals surface area (Å²) < 4.78 is 0. The minimum absolute atomic E-state index is 0.526. The molecule has 0 heterocycles. The van der Waals surface area contributed by atoms with Gasteiger partial charge in [0.1, 0.15) is 0 Å². The van der Waals surface area contributed by atoms with Crippen LogP contribution in [0.25, 0.3) is 0 Å². The van der Waals surface area contributed by atoms with Crippen molar-refractivity contribution in [1.29, 1.82) is 0 Å². The minimum atomic E-state index is 0.526. The summed E-state index contributed by atoms with van der Waals surface area (Å²) in [6.45, 7) is 13.4. The minimum Gasteiger partial charge on any atom is -0.382 e. The van der Waals surface area contributed by atoms with Gasteiger partial charge in [-0.15, -0.1) is 0 Å². The summed E-state index contributed by atoms with van der Waals surface area (Å²) in [6, 6.07) is 5.54. The fourth-order valence-electron chi connectivity index (χ4n) is 2.51. The Hall–Kier alpha value is -1.18. The summed E-state index contributed by atoms with van der Waals surface area (Å²) in [5.74, 6) is 0. The molecule has 1 aromatic rings. The van der Waals surface area contributed by atoms with E-state index < -0.39 is 0 Å². The third-order valence-corrected chi connectivity index (χ3v) is 4.17. The lowest BCUT2D eigenvalue weighted by atomic mass is 9.97. The van der Waals surface area contributed by atoms with Gasteiger partial charge in [-0.25, -0.2) is 0 Å². The Labute approximate surface area is 125 Å². The maximum absolute atomic E-state index is 3.65. The first kappa shape index (κ1) is 16.9. The highest BCUT2D eigenvalue weighted by Crippen LogP contribution is 2.29. The van der Waals surface area contributed by atoms with E-state index in [9.17, 15) is 0 Å². The molecular formula is C18H32N2. The molecule has 2 heteroatoms. The lowest BCUT2D eigenvalue weighted by Gasteiger charge is -2.23. The Balaban J connectivity index is 3.12. The van der Waals surface area contributed by atoms with Gasteiger partial charge in [-0.2, -0.15) is 0 Å². The number of benzene rings is 1. The molecule has 0 radical (unpaired) electrons. The first-order valence-electron chi connectivity index (χ1n) is 8.24. The second kappa shape index (κ2) is 8.18. The van der Waals surface area contributed by atoms with Crippen LogP contribution in [0.4, 0.5) is 11.4 Å². The molecule has 0 aromatic heterocycles. The van der Waals surface area contributed by atoms with Gasteiger partial charge < -0.3 is 10.6 Å². The predicted octanol–water partition coefficient (Wildman–Crippen LogP) is 5.23. The van der Waals surface area contributed by atoms with Gasteiger partial charge in [0, 0.05) is 23.5 Å². The van der Waals surface area contributed by atoms with E-state index in [0.29, 0.717) is 12.1 Å². The Morgan fingerprint density at radius 1 is 0.750 bits per heavy atom. The van der Waals surface area contributed by atoms with Gasteiger partial charge in [0.05, 0.1) is 0 Å². The van der Waals surface area contributed by atoms with Crippen LogP contribution in [0.5, 0.6) is 0 Å². The Morgan fingerprint density at radius 3 is 1.35 bits per heavy atom. The van der Waals surface area contributed by atoms with Crippen molar-refractivity contribution in [3.63, 3.8) is 0 Å². The quantitative estimate of drug-likeness (QED) is 0.679. The van der Waals surface area contributed by atoms with Gasteiger partial charge in [0.15, 0.2) is 0 Å². The van der Waals surface area contributed by atoms with Crippen LogP contribution >= 0.6 is 0 Å². The zero-order chi connectivity index (χ0) is 15.1. The zero-order valence-electron chi connectivity index (χ0n) is 14.1. The molecule has 0 spiro atoms. The van der Waals surface area contributed by atoms with E-state index in [1.54, 1.807) is 0 Å². The molecule has 0 amide bonds. The summed E-state index contributed by atoms with van der Waals surface area (Å²) in [5, 5.41) is 7.31. The SMILES string of the molecule is CCc1c(NC(C)CC)ccc(NC(C)CC)c1CC. The monoisotopic (exact) mass is 276 g/mol. The van der Waals surface area contributed by atoms with Gasteiger partial charge in [-0.3, -0.25) is 0 Å². The van der Waals surface area contributed by atoms with E-state index in [0.717, 1.165) is 25.7 Å². The summed E-state index contributed by atoms with van der Waals surface area (Å²) in [5.41, 5.74) is 5.57. The van der Waals surface area contributed by atoms with Crippen molar-refractivity contribution in [2.75, 3.05) is 10.6 Å². The Kier molecular flexibility index (Phi) is 6.90. The molecule has 114 valence electrons. The zero-order valence-corrected chi connectivity index (χ0v) is 14.1. The molecule has 2 atom stereocenters. The second-order valence-electron chi connectivity index (χ2n) is 5.73. The lowest BCUT2D eigenvalue weighted by Crippen LogP contribution is -2.18. The molecule has 0 aliphatic heterocycles. The van der Waals surface area contributed by atoms with Gasteiger partial charge in [-0.05, 0) is 62.8 Å². The van der Waals surface area contributed by atoms with Crippen LogP contribution in [0.1, 0.15) is 65.5 Å². The molecule has 2 unspecified atom stereocenters. The van der Waals surface area contributed by atoms with E-state index in [4.69, 9.17) is 0 Å². The van der Waals surface area contributed by atoms with E-state index in [-0.39, 0.29) is 0 Å². The van der Waals surface area contributed by atoms with E-state index >= 15 is 0 Å². The second-order valence-corrected chi connectivity index (χ2v) is 5.73. The van der Waals surface area contributed by atoms with Crippen LogP contribution in [-0.2, 0) is 12.8 Å². The van der Waals surface area contributed by atoms with Gasteiger partial charge in [-0.1, -0.05) is 27.7 Å². The van der Waals surface area contributed by atoms with Crippen molar-refractivity contribution in [3.05, 3.63) is 23.3 Å². The first-order valence-corrected chi connectivity index (χ1v) is 8.24. The third-order valence-electron chi connectivity index (χ3n) is 4.17. The Bertz CT molecular complexity index is 373. The molecular weight excluding hydrogens is 244 g/mol. The predicted molar refractivity (Wildman–Crippen MR) is 91.9 cm³/mol. The molecule has 1 rings (SSSR count). The number of anilines is 2. The van der Waals surface area contributed by atoms with Crippen LogP contribution < -0.4 is 10.6 Å². The first-order chi connectivity index (χ1) is 9.57. The number of hydrogen-bond donors (Lipinski definition) is 2. The smallest absolute Gasteiger partial charge is 0.0378 e. The van der Waals surface area contributed by atoms with Gasteiger partial charge in [0.2, 0.25) is 0 Å². The van der Waals surface area contributed by atoms with Crippen LogP contribution in [-0.4, -0.2) is 12.1 Å². The van der Waals surface area contributed by atoms with Crippen molar-refractivity contribution in [1.82, 2.24) is 0 Å². The maximum atomic E-state index is 3.65. The highest BCUT2D eigenvalue weighted by molar-refractivity contribution is 5.66. The van der Waals surface area contributed by atoms with Gasteiger partial charge >= 0.3 is 0 Å². The average Bonchev–Trinajstić information content (AvgIpc) is 2.47. The molecule has 2 N–H and O–H groups in total. The molecule has 0 saturated heterocycles. The van der Waals surface area contributed by atoms with Crippen LogP contribution in [0.3, 0.4) is 0 Å². The highest BCUT2D eigenvalue weighted by atomic mass is 14.9. The van der Waals surface area contributed by atoms with Crippen molar-refractivity contribution >= 4 is 11.4 Å². The van der Waals surface area contributed by atoms with Crippen LogP contribution in [0.2, 0.25) is 0 Å². The van der Waals surface area contributed by atoms with Crippen molar-refractivity contribution in [2.24, 2.45) is 0 Å². The standard InChI is InChI=1S/C18H32N2/c1-7-13(5)19-17-11-12-18(20-14(6)8-2)16(10-4)15(17)9-3/h11-14,19-20H,7-10H2,1-6H3. The van der Waals surface area contributed by atoms with E-state index in [2.05, 4.69) is 64.3 Å². The highest BCUT2D eigenvalue weighted by Gasteiger charge is 2.13. The lowest BCUT2D eigenvalue weighted by molar-refractivity contribution is 0.757. The summed E-state index contributed by atoms with van der Waals surface area (Å²) in [4.78, 5) is 0. The molecule has 20 heavy (non-hydrogen) atoms. The number of nitrogens with one attached hydrogen (secondary N) is 2. The molecule has 0 bridgehead atoms. The van der Waals surface area contributed by atoms with Crippen LogP contribution in [0, 0.1) is 0 Å². The van der Waals surface area contributed by atoms with E-state index in [1.165, 1.54) is 22.5 Å². The third kappa shape index (κ3) is 4.16. The molecule has 0 aliphatic carbocycles. The molecule has 0 saturated carbocycles. The Morgan fingerprint density at radius 2 is 1.10 bits per heavy atom. The molecule has 0 fully saturated rings. The number of hydrogen-bond acceptors (Lipinski definition) is 2. The van der Waals surface area contributed by atoms with Crippen molar-refractivity contribution < 1.29 is 0 Å². The molecule has 2 nitrogen and oxygen atoms in total. The fourth-order valence-corrected chi connectivity index (χ4v) is 2.51. The maximum Gasteiger partial charge on any atom is 0.0378 e. The number of rotatable bonds is 8. The fraction of sp³-hybridized carbons (Fsp3) is 0.667. The summed E-state index contributed by atoms with van der Waals surface area (Å²) in [7, 11) is 0. The largest absolute Gasteiger partial charge is 0.382 e. The normalized spacial score (nSPS) is 13.9. The van der Waals surface area contributed by atoms with Crippen molar-refractivity contribution in [3.8, 4) is 0 Å². The van der Waals surface area contributed by atoms with Crippen LogP contribution in [0.15, 0.2) is 12.1 Å². The summed E-state index contributed by atoms with van der Waals surface area (Å²) >= 11 is 0. The van der Waals surface area contributed by atoms with E-state index in [1.807, 2.05) is 0 Å². The summed E-state index contributed by atoms with van der Waals surface area (Å²) in [6.07, 6.45) is 4.46. The average molecular weight is 276 g/mol. The molecule has 0 aliphatic rings. The molecule has 1 aromatic carbocycles. The topological polar surface area (TPSA) is 24.1 Å². The van der Waals surface area contributed by atoms with Crippen molar-refractivity contribution in [2.45, 2.75) is 79.3 Å².